The molecule has 0 radical (unpaired) electrons. The number of thiazole rings is 1. The molecule has 2 fully saturated rings. The molecule has 2 aliphatic rings. The number of piperazine rings is 1. The molecule has 0 spiro atoms. The van der Waals surface area contributed by atoms with E-state index in [2.05, 4.69) is 42.4 Å². The summed E-state index contributed by atoms with van der Waals surface area (Å²) in [5, 5.41) is 6.61. The van der Waals surface area contributed by atoms with Crippen LogP contribution in [-0.4, -0.2) is 90.3 Å². The number of rotatable bonds is 8. The van der Waals surface area contributed by atoms with E-state index in [0.29, 0.717) is 31.9 Å². The van der Waals surface area contributed by atoms with E-state index in [-0.39, 0.29) is 24.4 Å². The molecule has 1 amide bonds. The van der Waals surface area contributed by atoms with E-state index in [1.807, 2.05) is 6.92 Å². The Morgan fingerprint density at radius 3 is 2.64 bits per heavy atom. The zero-order valence-electron chi connectivity index (χ0n) is 20.4. The fraction of sp³-hybridized carbons (Fsp3) is 0.636. The molecule has 0 atom stereocenters. The minimum absolute atomic E-state index is 0.0277. The molecule has 2 N–H and O–H groups in total. The van der Waals surface area contributed by atoms with Gasteiger partial charge in [0.15, 0.2) is 5.13 Å². The monoisotopic (exact) mass is 528 g/mol. The van der Waals surface area contributed by atoms with Crippen LogP contribution >= 0.6 is 11.3 Å². The molecule has 2 aromatic heterocycles. The molecule has 2 aromatic rings. The van der Waals surface area contributed by atoms with E-state index in [9.17, 15) is 18.0 Å². The number of carbonyl (C=O) groups is 1. The summed E-state index contributed by atoms with van der Waals surface area (Å²) in [6.45, 7) is 7.08. The SMILES string of the molecule is Cc1sc(N2CCN(C)CC2)nc1Nc1ncc(C(F)(F)F)c(NCCCN2CCCCOC2=O)n1. The van der Waals surface area contributed by atoms with Crippen LogP contribution < -0.4 is 15.5 Å². The molecule has 0 aliphatic carbocycles. The van der Waals surface area contributed by atoms with Gasteiger partial charge in [-0.05, 0) is 33.2 Å². The van der Waals surface area contributed by atoms with E-state index < -0.39 is 11.7 Å². The summed E-state index contributed by atoms with van der Waals surface area (Å²) in [6.07, 6.45) is -2.13. The Morgan fingerprint density at radius 1 is 1.11 bits per heavy atom. The Balaban J connectivity index is 1.41. The molecular formula is C22H31F3N8O2S. The van der Waals surface area contributed by atoms with Crippen LogP contribution in [0.5, 0.6) is 0 Å². The average molecular weight is 529 g/mol. The lowest BCUT2D eigenvalue weighted by molar-refractivity contribution is -0.137. The van der Waals surface area contributed by atoms with Crippen LogP contribution in [0.4, 0.5) is 40.7 Å². The molecule has 0 saturated carbocycles. The first-order valence-corrected chi connectivity index (χ1v) is 12.8. The molecule has 4 rings (SSSR count). The standard InChI is InChI=1S/C22H31F3N8O2S/c1-15-17(30-20(36-15)32-11-9-31(2)10-12-32)28-19-27-14-16(22(23,24)25)18(29-19)26-6-5-8-33-7-3-4-13-35-21(33)34/h14H,3-13H2,1-2H3,(H2,26,27,28,29). The second-order valence-corrected chi connectivity index (χ2v) is 10.0. The first-order chi connectivity index (χ1) is 17.2. The van der Waals surface area contributed by atoms with E-state index in [1.54, 1.807) is 4.90 Å². The summed E-state index contributed by atoms with van der Waals surface area (Å²) in [6, 6.07) is 0. The molecule has 198 valence electrons. The van der Waals surface area contributed by atoms with Gasteiger partial charge >= 0.3 is 12.3 Å². The van der Waals surface area contributed by atoms with Crippen LogP contribution in [0.3, 0.4) is 0 Å². The first-order valence-electron chi connectivity index (χ1n) is 12.0. The molecule has 0 bridgehead atoms. The number of nitrogens with one attached hydrogen (secondary N) is 2. The van der Waals surface area contributed by atoms with Crippen LogP contribution in [0.2, 0.25) is 0 Å². The number of alkyl halides is 3. The largest absolute Gasteiger partial charge is 0.449 e. The molecule has 0 aromatic carbocycles. The highest BCUT2D eigenvalue weighted by Gasteiger charge is 2.35. The molecule has 2 saturated heterocycles. The van der Waals surface area contributed by atoms with Crippen molar-refractivity contribution >= 4 is 40.1 Å². The summed E-state index contributed by atoms with van der Waals surface area (Å²) in [4.78, 5) is 31.5. The van der Waals surface area contributed by atoms with Gasteiger partial charge in [0.25, 0.3) is 0 Å². The number of cyclic esters (lactones) is 1. The Bertz CT molecular complexity index is 1040. The van der Waals surface area contributed by atoms with Crippen LogP contribution in [0.25, 0.3) is 0 Å². The fourth-order valence-corrected chi connectivity index (χ4v) is 4.86. The van der Waals surface area contributed by atoms with E-state index in [0.717, 1.165) is 55.2 Å². The summed E-state index contributed by atoms with van der Waals surface area (Å²) in [5.74, 6) is 0.241. The van der Waals surface area contributed by atoms with E-state index in [4.69, 9.17) is 4.74 Å². The highest BCUT2D eigenvalue weighted by atomic mass is 32.1. The number of hydrogen-bond acceptors (Lipinski definition) is 10. The predicted octanol–water partition coefficient (Wildman–Crippen LogP) is 3.79. The Labute approximate surface area is 211 Å². The van der Waals surface area contributed by atoms with Crippen LogP contribution in [0, 0.1) is 6.92 Å². The molecule has 14 heteroatoms. The molecular weight excluding hydrogens is 497 g/mol. The molecule has 36 heavy (non-hydrogen) atoms. The second kappa shape index (κ2) is 11.5. The van der Waals surface area contributed by atoms with Crippen molar-refractivity contribution in [3.05, 3.63) is 16.6 Å². The number of carbonyl (C=O) groups excluding carboxylic acids is 1. The first kappa shape index (κ1) is 26.2. The molecule has 0 unspecified atom stereocenters. The smallest absolute Gasteiger partial charge is 0.421 e. The lowest BCUT2D eigenvalue weighted by Gasteiger charge is -2.32. The zero-order chi connectivity index (χ0) is 25.7. The predicted molar refractivity (Wildman–Crippen MR) is 132 cm³/mol. The second-order valence-electron chi connectivity index (χ2n) is 8.86. The minimum Gasteiger partial charge on any atom is -0.449 e. The van der Waals surface area contributed by atoms with Crippen LogP contribution in [0.1, 0.15) is 29.7 Å². The maximum Gasteiger partial charge on any atom is 0.421 e. The van der Waals surface area contributed by atoms with Gasteiger partial charge in [0, 0.05) is 56.9 Å². The Morgan fingerprint density at radius 2 is 1.89 bits per heavy atom. The topological polar surface area (TPSA) is 98.8 Å². The Kier molecular flexibility index (Phi) is 8.34. The highest BCUT2D eigenvalue weighted by Crippen LogP contribution is 2.35. The highest BCUT2D eigenvalue weighted by molar-refractivity contribution is 7.16. The fourth-order valence-electron chi connectivity index (χ4n) is 3.95. The maximum absolute atomic E-state index is 13.6. The van der Waals surface area contributed by atoms with E-state index in [1.165, 1.54) is 11.3 Å². The summed E-state index contributed by atoms with van der Waals surface area (Å²) < 4.78 is 45.8. The lowest BCUT2D eigenvalue weighted by Crippen LogP contribution is -2.44. The third kappa shape index (κ3) is 6.66. The van der Waals surface area contributed by atoms with Crippen LogP contribution in [-0.2, 0) is 10.9 Å². The number of anilines is 4. The summed E-state index contributed by atoms with van der Waals surface area (Å²) >= 11 is 1.53. The zero-order valence-corrected chi connectivity index (χ0v) is 21.2. The average Bonchev–Trinajstić information content (AvgIpc) is 3.06. The number of aromatic nitrogens is 3. The number of amides is 1. The molecule has 10 nitrogen and oxygen atoms in total. The van der Waals surface area contributed by atoms with Gasteiger partial charge in [0.05, 0.1) is 6.61 Å². The van der Waals surface area contributed by atoms with Gasteiger partial charge in [-0.3, -0.25) is 0 Å². The molecule has 2 aliphatic heterocycles. The van der Waals surface area contributed by atoms with Crippen molar-refractivity contribution in [2.45, 2.75) is 32.4 Å². The van der Waals surface area contributed by atoms with Crippen molar-refractivity contribution < 1.29 is 22.7 Å². The summed E-state index contributed by atoms with van der Waals surface area (Å²) in [7, 11) is 2.08. The van der Waals surface area contributed by atoms with Gasteiger partial charge < -0.3 is 30.1 Å². The molecule has 4 heterocycles. The van der Waals surface area contributed by atoms with Crippen molar-refractivity contribution in [3.63, 3.8) is 0 Å². The quantitative estimate of drug-likeness (QED) is 0.496. The van der Waals surface area contributed by atoms with Gasteiger partial charge in [0.2, 0.25) is 5.95 Å². The summed E-state index contributed by atoms with van der Waals surface area (Å²) in [5.41, 5.74) is -0.949. The third-order valence-corrected chi connectivity index (χ3v) is 7.12. The number of nitrogens with zero attached hydrogens (tertiary/aromatic N) is 6. The lowest BCUT2D eigenvalue weighted by atomic mass is 10.3. The van der Waals surface area contributed by atoms with Crippen molar-refractivity contribution in [2.24, 2.45) is 0 Å². The van der Waals surface area contributed by atoms with Gasteiger partial charge in [-0.25, -0.2) is 14.8 Å². The van der Waals surface area contributed by atoms with Crippen molar-refractivity contribution in [1.29, 1.82) is 0 Å². The minimum atomic E-state index is -4.61. The number of aryl methyl sites for hydroxylation is 1. The van der Waals surface area contributed by atoms with Gasteiger partial charge in [-0.15, -0.1) is 0 Å². The van der Waals surface area contributed by atoms with Crippen LogP contribution in [0.15, 0.2) is 6.20 Å². The van der Waals surface area contributed by atoms with Crippen molar-refractivity contribution in [2.75, 3.05) is 75.0 Å². The third-order valence-electron chi connectivity index (χ3n) is 6.09. The maximum atomic E-state index is 13.6. The van der Waals surface area contributed by atoms with E-state index >= 15 is 0 Å². The van der Waals surface area contributed by atoms with Gasteiger partial charge in [0.1, 0.15) is 17.2 Å². The number of ether oxygens (including phenoxy) is 1. The van der Waals surface area contributed by atoms with Crippen molar-refractivity contribution in [3.8, 4) is 0 Å². The Hall–Kier alpha value is -2.87. The number of halogens is 3. The number of likely N-dealkylation sites (N-methyl/N-ethyl adjacent to an activating group) is 1. The van der Waals surface area contributed by atoms with Gasteiger partial charge in [-0.2, -0.15) is 18.2 Å². The number of hydrogen-bond donors (Lipinski definition) is 2. The van der Waals surface area contributed by atoms with Gasteiger partial charge in [-0.1, -0.05) is 11.3 Å². The van der Waals surface area contributed by atoms with Crippen molar-refractivity contribution in [1.82, 2.24) is 24.8 Å². The normalized spacial score (nSPS) is 17.6.